The van der Waals surface area contributed by atoms with Crippen LogP contribution in [0.3, 0.4) is 0 Å². The smallest absolute Gasteiger partial charge is 0.0371 e. The Morgan fingerprint density at radius 1 is 1.31 bits per heavy atom. The molecule has 1 aromatic carbocycles. The lowest BCUT2D eigenvalue weighted by atomic mass is 10.1. The maximum atomic E-state index is 6.00. The second-order valence-corrected chi connectivity index (χ2v) is 4.88. The largest absolute Gasteiger partial charge is 0.398 e. The number of hydrogen-bond acceptors (Lipinski definition) is 2. The van der Waals surface area contributed by atoms with Gasteiger partial charge in [-0.2, -0.15) is 0 Å². The molecule has 0 atom stereocenters. The van der Waals surface area contributed by atoms with Crippen LogP contribution in [0.15, 0.2) is 22.7 Å². The number of nitrogen functional groups attached to an aromatic ring is 1. The van der Waals surface area contributed by atoms with Gasteiger partial charge < -0.3 is 5.73 Å². The molecule has 0 aliphatic rings. The quantitative estimate of drug-likeness (QED) is 0.808. The summed E-state index contributed by atoms with van der Waals surface area (Å²) in [5.41, 5.74) is 8.08. The summed E-state index contributed by atoms with van der Waals surface area (Å²) in [5, 5.41) is 0. The molecule has 0 amide bonds. The van der Waals surface area contributed by atoms with Crippen molar-refractivity contribution in [2.45, 2.75) is 33.2 Å². The first-order valence-corrected chi connectivity index (χ1v) is 6.73. The number of benzene rings is 1. The van der Waals surface area contributed by atoms with Gasteiger partial charge in [0.1, 0.15) is 0 Å². The van der Waals surface area contributed by atoms with Gasteiger partial charge in [0.15, 0.2) is 0 Å². The first-order valence-electron chi connectivity index (χ1n) is 5.94. The summed E-state index contributed by atoms with van der Waals surface area (Å²) >= 11 is 3.57. The van der Waals surface area contributed by atoms with Crippen LogP contribution in [-0.2, 0) is 6.54 Å². The molecule has 2 nitrogen and oxygen atoms in total. The minimum atomic E-state index is 0.879. The van der Waals surface area contributed by atoms with Crippen LogP contribution in [-0.4, -0.2) is 18.0 Å². The lowest BCUT2D eigenvalue weighted by Crippen LogP contribution is -2.24. The SMILES string of the molecule is CCCCN(CC)Cc1c(N)cccc1Br. The zero-order valence-electron chi connectivity index (χ0n) is 10.2. The van der Waals surface area contributed by atoms with Gasteiger partial charge in [-0.05, 0) is 31.6 Å². The molecule has 3 heteroatoms. The number of nitrogens with zero attached hydrogens (tertiary/aromatic N) is 1. The molecule has 1 aromatic rings. The number of nitrogens with two attached hydrogens (primary N) is 1. The molecular weight excluding hydrogens is 264 g/mol. The Bertz CT molecular complexity index is 305. The first-order chi connectivity index (χ1) is 7.69. The summed E-state index contributed by atoms with van der Waals surface area (Å²) in [6.45, 7) is 7.57. The van der Waals surface area contributed by atoms with Gasteiger partial charge in [0, 0.05) is 22.3 Å². The van der Waals surface area contributed by atoms with E-state index in [9.17, 15) is 0 Å². The van der Waals surface area contributed by atoms with Crippen molar-refractivity contribution in [2.24, 2.45) is 0 Å². The van der Waals surface area contributed by atoms with Crippen LogP contribution in [0, 0.1) is 0 Å². The standard InChI is InChI=1S/C13H21BrN2/c1-3-5-9-16(4-2)10-11-12(14)7-6-8-13(11)15/h6-8H,3-5,9-10,15H2,1-2H3. The molecule has 0 aliphatic heterocycles. The fourth-order valence-electron chi connectivity index (χ4n) is 1.70. The van der Waals surface area contributed by atoms with E-state index < -0.39 is 0 Å². The highest BCUT2D eigenvalue weighted by molar-refractivity contribution is 9.10. The highest BCUT2D eigenvalue weighted by Gasteiger charge is 2.08. The molecule has 1 rings (SSSR count). The Hall–Kier alpha value is -0.540. The van der Waals surface area contributed by atoms with Crippen LogP contribution in [0.25, 0.3) is 0 Å². The van der Waals surface area contributed by atoms with Gasteiger partial charge in [0.2, 0.25) is 0 Å². The minimum absolute atomic E-state index is 0.879. The molecular formula is C13H21BrN2. The fraction of sp³-hybridized carbons (Fsp3) is 0.538. The molecule has 0 fully saturated rings. The molecule has 0 heterocycles. The Morgan fingerprint density at radius 2 is 2.06 bits per heavy atom. The Morgan fingerprint density at radius 3 is 2.62 bits per heavy atom. The molecule has 0 saturated carbocycles. The molecule has 0 saturated heterocycles. The van der Waals surface area contributed by atoms with Crippen molar-refractivity contribution >= 4 is 21.6 Å². The van der Waals surface area contributed by atoms with Gasteiger partial charge in [-0.3, -0.25) is 4.90 Å². The molecule has 0 spiro atoms. The van der Waals surface area contributed by atoms with E-state index in [1.54, 1.807) is 0 Å². The molecule has 0 aliphatic carbocycles. The predicted octanol–water partition coefficient (Wildman–Crippen LogP) is 3.65. The van der Waals surface area contributed by atoms with E-state index in [0.717, 1.165) is 29.8 Å². The van der Waals surface area contributed by atoms with Crippen LogP contribution in [0.1, 0.15) is 32.3 Å². The van der Waals surface area contributed by atoms with Crippen molar-refractivity contribution in [3.05, 3.63) is 28.2 Å². The van der Waals surface area contributed by atoms with Gasteiger partial charge in [-0.1, -0.05) is 42.3 Å². The van der Waals surface area contributed by atoms with Crippen molar-refractivity contribution in [1.82, 2.24) is 4.90 Å². The van der Waals surface area contributed by atoms with Crippen LogP contribution in [0.5, 0.6) is 0 Å². The molecule has 0 unspecified atom stereocenters. The Kier molecular flexibility index (Phi) is 5.85. The second-order valence-electron chi connectivity index (χ2n) is 4.03. The Labute approximate surface area is 107 Å². The van der Waals surface area contributed by atoms with Crippen LogP contribution in [0.4, 0.5) is 5.69 Å². The molecule has 16 heavy (non-hydrogen) atoms. The number of unbranched alkanes of at least 4 members (excludes halogenated alkanes) is 1. The summed E-state index contributed by atoms with van der Waals surface area (Å²) in [4.78, 5) is 2.43. The van der Waals surface area contributed by atoms with E-state index in [4.69, 9.17) is 5.73 Å². The summed E-state index contributed by atoms with van der Waals surface area (Å²) < 4.78 is 1.11. The molecule has 2 N–H and O–H groups in total. The van der Waals surface area contributed by atoms with E-state index >= 15 is 0 Å². The van der Waals surface area contributed by atoms with Crippen molar-refractivity contribution in [2.75, 3.05) is 18.8 Å². The van der Waals surface area contributed by atoms with E-state index in [2.05, 4.69) is 40.7 Å². The first kappa shape index (κ1) is 13.5. The van der Waals surface area contributed by atoms with Gasteiger partial charge in [-0.25, -0.2) is 0 Å². The van der Waals surface area contributed by atoms with Crippen molar-refractivity contribution in [3.8, 4) is 0 Å². The molecule has 0 bridgehead atoms. The maximum absolute atomic E-state index is 6.00. The normalized spacial score (nSPS) is 11.0. The van der Waals surface area contributed by atoms with Crippen molar-refractivity contribution in [3.63, 3.8) is 0 Å². The Balaban J connectivity index is 2.69. The third kappa shape index (κ3) is 3.80. The lowest BCUT2D eigenvalue weighted by Gasteiger charge is -2.21. The lowest BCUT2D eigenvalue weighted by molar-refractivity contribution is 0.275. The predicted molar refractivity (Wildman–Crippen MR) is 74.4 cm³/mol. The topological polar surface area (TPSA) is 29.3 Å². The number of rotatable bonds is 6. The summed E-state index contributed by atoms with van der Waals surface area (Å²) in [6.07, 6.45) is 2.49. The van der Waals surface area contributed by atoms with Crippen LogP contribution < -0.4 is 5.73 Å². The van der Waals surface area contributed by atoms with Gasteiger partial charge in [-0.15, -0.1) is 0 Å². The van der Waals surface area contributed by atoms with E-state index in [1.165, 1.54) is 18.4 Å². The second kappa shape index (κ2) is 6.92. The number of anilines is 1. The zero-order valence-corrected chi connectivity index (χ0v) is 11.8. The van der Waals surface area contributed by atoms with Crippen molar-refractivity contribution < 1.29 is 0 Å². The van der Waals surface area contributed by atoms with Crippen LogP contribution in [0.2, 0.25) is 0 Å². The summed E-state index contributed by atoms with van der Waals surface area (Å²) in [5.74, 6) is 0. The monoisotopic (exact) mass is 284 g/mol. The zero-order chi connectivity index (χ0) is 12.0. The van der Waals surface area contributed by atoms with Gasteiger partial charge in [0.25, 0.3) is 0 Å². The molecule has 90 valence electrons. The third-order valence-corrected chi connectivity index (χ3v) is 3.55. The summed E-state index contributed by atoms with van der Waals surface area (Å²) in [7, 11) is 0. The molecule has 0 radical (unpaired) electrons. The highest BCUT2D eigenvalue weighted by atomic mass is 79.9. The third-order valence-electron chi connectivity index (χ3n) is 2.81. The average molecular weight is 285 g/mol. The fourth-order valence-corrected chi connectivity index (χ4v) is 2.20. The number of hydrogen-bond donors (Lipinski definition) is 1. The minimum Gasteiger partial charge on any atom is -0.398 e. The maximum Gasteiger partial charge on any atom is 0.0371 e. The summed E-state index contributed by atoms with van der Waals surface area (Å²) in [6, 6.07) is 6.00. The van der Waals surface area contributed by atoms with E-state index in [-0.39, 0.29) is 0 Å². The average Bonchev–Trinajstić information content (AvgIpc) is 2.28. The highest BCUT2D eigenvalue weighted by Crippen LogP contribution is 2.24. The van der Waals surface area contributed by atoms with E-state index in [0.29, 0.717) is 0 Å². The van der Waals surface area contributed by atoms with E-state index in [1.807, 2.05) is 12.1 Å². The molecule has 0 aromatic heterocycles. The van der Waals surface area contributed by atoms with Gasteiger partial charge in [0.05, 0.1) is 0 Å². The van der Waals surface area contributed by atoms with Crippen molar-refractivity contribution in [1.29, 1.82) is 0 Å². The van der Waals surface area contributed by atoms with Crippen LogP contribution >= 0.6 is 15.9 Å². The van der Waals surface area contributed by atoms with Gasteiger partial charge >= 0.3 is 0 Å². The number of halogens is 1.